The number of amides is 1. The van der Waals surface area contributed by atoms with Crippen molar-refractivity contribution in [3.63, 3.8) is 0 Å². The summed E-state index contributed by atoms with van der Waals surface area (Å²) < 4.78 is 18.8. The topological polar surface area (TPSA) is 70.2 Å². The van der Waals surface area contributed by atoms with E-state index in [1.165, 1.54) is 32.1 Å². The standard InChI is InChI=1S/C19H25FN4O2/c1-13(7-10-24-8-3-4-9-24)19(25)21-18-12-16(22-23-18)15-11-14(20)5-6-17(15)26-2/h5-6,11-13H,3-4,7-10H2,1-2H3,(H2,21,22,23,25). The maximum Gasteiger partial charge on any atom is 0.228 e. The maximum absolute atomic E-state index is 13.5. The molecule has 3 rings (SSSR count). The number of nitrogens with zero attached hydrogens (tertiary/aromatic N) is 2. The molecule has 1 unspecified atom stereocenters. The van der Waals surface area contributed by atoms with E-state index in [2.05, 4.69) is 20.4 Å². The summed E-state index contributed by atoms with van der Waals surface area (Å²) in [6.07, 6.45) is 3.32. The third-order valence-corrected chi connectivity index (χ3v) is 4.81. The zero-order valence-corrected chi connectivity index (χ0v) is 15.2. The smallest absolute Gasteiger partial charge is 0.228 e. The van der Waals surface area contributed by atoms with Gasteiger partial charge in [0.2, 0.25) is 5.91 Å². The Morgan fingerprint density at radius 2 is 2.15 bits per heavy atom. The first-order valence-electron chi connectivity index (χ1n) is 8.99. The van der Waals surface area contributed by atoms with Crippen LogP contribution in [0.15, 0.2) is 24.3 Å². The van der Waals surface area contributed by atoms with Crippen LogP contribution in [0, 0.1) is 11.7 Å². The van der Waals surface area contributed by atoms with Crippen LogP contribution in [0.3, 0.4) is 0 Å². The molecule has 2 N–H and O–H groups in total. The third kappa shape index (κ3) is 4.40. The van der Waals surface area contributed by atoms with Crippen LogP contribution in [0.2, 0.25) is 0 Å². The van der Waals surface area contributed by atoms with Crippen molar-refractivity contribution in [3.05, 3.63) is 30.1 Å². The number of benzene rings is 1. The van der Waals surface area contributed by atoms with Crippen molar-refractivity contribution in [2.75, 3.05) is 32.1 Å². The molecule has 1 aliphatic rings. The zero-order valence-electron chi connectivity index (χ0n) is 15.2. The normalized spacial score (nSPS) is 15.8. The maximum atomic E-state index is 13.5. The van der Waals surface area contributed by atoms with Gasteiger partial charge in [-0.25, -0.2) is 4.39 Å². The van der Waals surface area contributed by atoms with E-state index >= 15 is 0 Å². The van der Waals surface area contributed by atoms with Gasteiger partial charge in [0.05, 0.1) is 12.8 Å². The molecule has 7 heteroatoms. The SMILES string of the molecule is COc1ccc(F)cc1-c1cc(NC(=O)C(C)CCN2CCCC2)n[nH]1. The van der Waals surface area contributed by atoms with Crippen LogP contribution < -0.4 is 10.1 Å². The number of carbonyl (C=O) groups is 1. The minimum atomic E-state index is -0.364. The third-order valence-electron chi connectivity index (χ3n) is 4.81. The summed E-state index contributed by atoms with van der Waals surface area (Å²) in [6, 6.07) is 5.95. The van der Waals surface area contributed by atoms with Crippen molar-refractivity contribution in [2.45, 2.75) is 26.2 Å². The first kappa shape index (κ1) is 18.4. The average Bonchev–Trinajstić information content (AvgIpc) is 3.31. The summed E-state index contributed by atoms with van der Waals surface area (Å²) >= 11 is 0. The number of aromatic amines is 1. The summed E-state index contributed by atoms with van der Waals surface area (Å²) in [5.41, 5.74) is 1.14. The zero-order chi connectivity index (χ0) is 18.5. The lowest BCUT2D eigenvalue weighted by molar-refractivity contribution is -0.119. The summed E-state index contributed by atoms with van der Waals surface area (Å²) in [6.45, 7) is 5.13. The molecule has 140 valence electrons. The second-order valence-corrected chi connectivity index (χ2v) is 6.74. The number of aromatic nitrogens is 2. The highest BCUT2D eigenvalue weighted by atomic mass is 19.1. The van der Waals surface area contributed by atoms with E-state index in [1.54, 1.807) is 12.1 Å². The molecule has 0 aliphatic carbocycles. The number of carbonyl (C=O) groups excluding carboxylic acids is 1. The monoisotopic (exact) mass is 360 g/mol. The summed E-state index contributed by atoms with van der Waals surface area (Å²) in [4.78, 5) is 14.8. The fourth-order valence-corrected chi connectivity index (χ4v) is 3.18. The van der Waals surface area contributed by atoms with E-state index in [1.807, 2.05) is 6.92 Å². The van der Waals surface area contributed by atoms with E-state index in [-0.39, 0.29) is 17.6 Å². The van der Waals surface area contributed by atoms with Crippen LogP contribution >= 0.6 is 0 Å². The van der Waals surface area contributed by atoms with Gasteiger partial charge in [0, 0.05) is 17.5 Å². The Labute approximate surface area is 152 Å². The van der Waals surface area contributed by atoms with Gasteiger partial charge < -0.3 is 15.0 Å². The predicted molar refractivity (Wildman–Crippen MR) is 98.6 cm³/mol. The molecular weight excluding hydrogens is 335 g/mol. The number of likely N-dealkylation sites (tertiary alicyclic amines) is 1. The summed E-state index contributed by atoms with van der Waals surface area (Å²) in [5, 5.41) is 9.76. The Morgan fingerprint density at radius 1 is 1.38 bits per heavy atom. The quantitative estimate of drug-likeness (QED) is 0.795. The van der Waals surface area contributed by atoms with Gasteiger partial charge in [-0.15, -0.1) is 0 Å². The molecule has 0 bridgehead atoms. The molecule has 6 nitrogen and oxygen atoms in total. The van der Waals surface area contributed by atoms with Gasteiger partial charge in [-0.3, -0.25) is 9.89 Å². The van der Waals surface area contributed by atoms with Crippen LogP contribution in [0.5, 0.6) is 5.75 Å². The van der Waals surface area contributed by atoms with Gasteiger partial charge in [0.1, 0.15) is 11.6 Å². The highest BCUT2D eigenvalue weighted by Gasteiger charge is 2.18. The Balaban J connectivity index is 1.61. The Hall–Kier alpha value is -2.41. The fraction of sp³-hybridized carbons (Fsp3) is 0.474. The average molecular weight is 360 g/mol. The van der Waals surface area contributed by atoms with Crippen LogP contribution in [0.25, 0.3) is 11.3 Å². The number of hydrogen-bond donors (Lipinski definition) is 2. The lowest BCUT2D eigenvalue weighted by Gasteiger charge is -2.17. The molecule has 0 spiro atoms. The molecule has 1 aliphatic heterocycles. The second kappa shape index (κ2) is 8.31. The number of halogens is 1. The number of nitrogens with one attached hydrogen (secondary N) is 2. The Bertz CT molecular complexity index is 756. The Kier molecular flexibility index (Phi) is 5.88. The van der Waals surface area contributed by atoms with Crippen molar-refractivity contribution in [1.29, 1.82) is 0 Å². The minimum absolute atomic E-state index is 0.0616. The molecule has 1 fully saturated rings. The number of anilines is 1. The van der Waals surface area contributed by atoms with Gasteiger partial charge >= 0.3 is 0 Å². The minimum Gasteiger partial charge on any atom is -0.496 e. The van der Waals surface area contributed by atoms with Crippen molar-refractivity contribution < 1.29 is 13.9 Å². The first-order valence-corrected chi connectivity index (χ1v) is 8.99. The van der Waals surface area contributed by atoms with Gasteiger partial charge in [-0.1, -0.05) is 6.92 Å². The number of methoxy groups -OCH3 is 1. The van der Waals surface area contributed by atoms with Crippen molar-refractivity contribution >= 4 is 11.7 Å². The summed E-state index contributed by atoms with van der Waals surface area (Å²) in [7, 11) is 1.53. The largest absolute Gasteiger partial charge is 0.496 e. The fourth-order valence-electron chi connectivity index (χ4n) is 3.18. The number of hydrogen-bond acceptors (Lipinski definition) is 4. The predicted octanol–water partition coefficient (Wildman–Crippen LogP) is 3.28. The number of H-pyrrole nitrogens is 1. The molecule has 2 aromatic rings. The van der Waals surface area contributed by atoms with Crippen molar-refractivity contribution in [2.24, 2.45) is 5.92 Å². The molecule has 1 saturated heterocycles. The number of rotatable bonds is 7. The molecule has 0 saturated carbocycles. The highest BCUT2D eigenvalue weighted by Crippen LogP contribution is 2.30. The van der Waals surface area contributed by atoms with E-state index < -0.39 is 0 Å². The molecule has 2 heterocycles. The Morgan fingerprint density at radius 3 is 2.88 bits per heavy atom. The van der Waals surface area contributed by atoms with Crippen LogP contribution in [-0.2, 0) is 4.79 Å². The molecule has 1 aromatic heterocycles. The second-order valence-electron chi connectivity index (χ2n) is 6.74. The number of ether oxygens (including phenoxy) is 1. The van der Waals surface area contributed by atoms with Crippen LogP contribution in [-0.4, -0.2) is 47.7 Å². The van der Waals surface area contributed by atoms with Gasteiger partial charge in [0.15, 0.2) is 5.82 Å². The van der Waals surface area contributed by atoms with Gasteiger partial charge in [-0.2, -0.15) is 5.10 Å². The molecule has 26 heavy (non-hydrogen) atoms. The van der Waals surface area contributed by atoms with Gasteiger partial charge in [-0.05, 0) is 57.1 Å². The molecule has 1 aromatic carbocycles. The van der Waals surface area contributed by atoms with Crippen molar-refractivity contribution in [1.82, 2.24) is 15.1 Å². The van der Waals surface area contributed by atoms with E-state index in [4.69, 9.17) is 4.74 Å². The van der Waals surface area contributed by atoms with E-state index in [9.17, 15) is 9.18 Å². The highest BCUT2D eigenvalue weighted by molar-refractivity contribution is 5.92. The molecule has 0 radical (unpaired) electrons. The van der Waals surface area contributed by atoms with Crippen molar-refractivity contribution in [3.8, 4) is 17.0 Å². The molecule has 1 atom stereocenters. The molecular formula is C19H25FN4O2. The van der Waals surface area contributed by atoms with Crippen LogP contribution in [0.1, 0.15) is 26.2 Å². The molecule has 1 amide bonds. The van der Waals surface area contributed by atoms with Crippen LogP contribution in [0.4, 0.5) is 10.2 Å². The lowest BCUT2D eigenvalue weighted by atomic mass is 10.1. The van der Waals surface area contributed by atoms with Gasteiger partial charge in [0.25, 0.3) is 0 Å². The van der Waals surface area contributed by atoms with E-state index in [0.29, 0.717) is 22.8 Å². The first-order chi connectivity index (χ1) is 12.6. The lowest BCUT2D eigenvalue weighted by Crippen LogP contribution is -2.27. The summed E-state index contributed by atoms with van der Waals surface area (Å²) in [5.74, 6) is 0.431. The van der Waals surface area contributed by atoms with E-state index in [0.717, 1.165) is 26.1 Å².